The molecule has 0 fully saturated rings. The van der Waals surface area contributed by atoms with Gasteiger partial charge in [0.1, 0.15) is 12.7 Å². The van der Waals surface area contributed by atoms with Crippen LogP contribution >= 0.6 is 0 Å². The van der Waals surface area contributed by atoms with E-state index >= 15 is 0 Å². The van der Waals surface area contributed by atoms with Gasteiger partial charge < -0.3 is 20.4 Å². The van der Waals surface area contributed by atoms with Crippen molar-refractivity contribution in [3.63, 3.8) is 0 Å². The summed E-state index contributed by atoms with van der Waals surface area (Å²) in [4.78, 5) is 4.85. The fourth-order valence-electron chi connectivity index (χ4n) is 0.745. The Morgan fingerprint density at radius 2 is 2.07 bits per heavy atom. The Morgan fingerprint density at radius 3 is 2.53 bits per heavy atom. The van der Waals surface area contributed by atoms with E-state index in [2.05, 4.69) is 10.5 Å². The molecule has 0 bridgehead atoms. The molecule has 0 aliphatic rings. The molecule has 90 valence electrons. The van der Waals surface area contributed by atoms with E-state index in [-0.39, 0.29) is 18.8 Å². The van der Waals surface area contributed by atoms with Gasteiger partial charge in [0.05, 0.1) is 12.3 Å². The Hall–Kier alpha value is -0.650. The average molecular weight is 218 g/mol. The first-order valence-electron chi connectivity index (χ1n) is 5.04. The molecule has 0 spiro atoms. The third-order valence-corrected chi connectivity index (χ3v) is 1.58. The third kappa shape index (κ3) is 9.65. The van der Waals surface area contributed by atoms with Crippen molar-refractivity contribution in [2.45, 2.75) is 39.3 Å². The maximum Gasteiger partial charge on any atom is 0.144 e. The Bertz CT molecular complexity index is 199. The fourth-order valence-corrected chi connectivity index (χ4v) is 0.745. The molecular weight excluding hydrogens is 196 g/mol. The van der Waals surface area contributed by atoms with E-state index in [9.17, 15) is 5.11 Å². The fraction of sp³-hybridized carbons (Fsp3) is 0.900. The standard InChI is InChI=1S/C10H22N2O3/c1-8(6-13)12-15-7-9(14)5-11-10(2,3)4/h9,11,13-14H,5-7H2,1-4H3/b12-8+. The zero-order valence-corrected chi connectivity index (χ0v) is 9.95. The molecule has 5 nitrogen and oxygen atoms in total. The van der Waals surface area contributed by atoms with Crippen molar-refractivity contribution in [1.82, 2.24) is 5.32 Å². The SMILES string of the molecule is C/C(CO)=N\OCC(O)CNC(C)(C)C. The summed E-state index contributed by atoms with van der Waals surface area (Å²) in [6.07, 6.45) is -0.598. The molecule has 0 saturated carbocycles. The van der Waals surface area contributed by atoms with Gasteiger partial charge in [-0.25, -0.2) is 0 Å². The van der Waals surface area contributed by atoms with Crippen LogP contribution in [0.3, 0.4) is 0 Å². The predicted molar refractivity (Wildman–Crippen MR) is 59.9 cm³/mol. The first-order valence-corrected chi connectivity index (χ1v) is 5.04. The van der Waals surface area contributed by atoms with Gasteiger partial charge in [0.25, 0.3) is 0 Å². The van der Waals surface area contributed by atoms with Crippen LogP contribution in [0.15, 0.2) is 5.16 Å². The van der Waals surface area contributed by atoms with Crippen LogP contribution < -0.4 is 5.32 Å². The molecule has 0 aliphatic heterocycles. The number of β-amino-alcohol motifs (C(OH)–C–C–N with tert-alkyl or cyclic N) is 1. The van der Waals surface area contributed by atoms with Gasteiger partial charge in [-0.15, -0.1) is 0 Å². The molecule has 0 saturated heterocycles. The molecule has 0 aromatic carbocycles. The number of nitrogens with one attached hydrogen (secondary N) is 1. The number of oxime groups is 1. The Labute approximate surface area is 91.1 Å². The van der Waals surface area contributed by atoms with Crippen LogP contribution in [0.5, 0.6) is 0 Å². The summed E-state index contributed by atoms with van der Waals surface area (Å²) in [5.74, 6) is 0. The van der Waals surface area contributed by atoms with Crippen molar-refractivity contribution < 1.29 is 15.1 Å². The van der Waals surface area contributed by atoms with Gasteiger partial charge in [0, 0.05) is 12.1 Å². The zero-order chi connectivity index (χ0) is 11.9. The van der Waals surface area contributed by atoms with Gasteiger partial charge in [0.2, 0.25) is 0 Å². The van der Waals surface area contributed by atoms with Crippen LogP contribution in [0.4, 0.5) is 0 Å². The minimum Gasteiger partial charge on any atom is -0.393 e. The number of aliphatic hydroxyl groups excluding tert-OH is 2. The highest BCUT2D eigenvalue weighted by molar-refractivity contribution is 5.82. The average Bonchev–Trinajstić information content (AvgIpc) is 2.13. The van der Waals surface area contributed by atoms with Crippen LogP contribution in [-0.2, 0) is 4.84 Å². The molecule has 0 rings (SSSR count). The Balaban J connectivity index is 3.62. The van der Waals surface area contributed by atoms with Crippen molar-refractivity contribution >= 4 is 5.71 Å². The molecule has 1 atom stereocenters. The molecule has 3 N–H and O–H groups in total. The quantitative estimate of drug-likeness (QED) is 0.437. The van der Waals surface area contributed by atoms with Crippen molar-refractivity contribution in [3.05, 3.63) is 0 Å². The summed E-state index contributed by atoms with van der Waals surface area (Å²) in [6.45, 7) is 8.17. The minimum atomic E-state index is -0.598. The first kappa shape index (κ1) is 14.3. The Morgan fingerprint density at radius 1 is 1.47 bits per heavy atom. The second kappa shape index (κ2) is 6.76. The van der Waals surface area contributed by atoms with Crippen molar-refractivity contribution in [3.8, 4) is 0 Å². The molecule has 0 aromatic rings. The second-order valence-electron chi connectivity index (χ2n) is 4.57. The van der Waals surface area contributed by atoms with E-state index in [1.807, 2.05) is 20.8 Å². The van der Waals surface area contributed by atoms with Gasteiger partial charge in [0.15, 0.2) is 0 Å². The van der Waals surface area contributed by atoms with Crippen LogP contribution in [0, 0.1) is 0 Å². The summed E-state index contributed by atoms with van der Waals surface area (Å²) < 4.78 is 0. The summed E-state index contributed by atoms with van der Waals surface area (Å²) in [5.41, 5.74) is 0.469. The number of hydrogen-bond acceptors (Lipinski definition) is 5. The summed E-state index contributed by atoms with van der Waals surface area (Å²) in [5, 5.41) is 24.9. The Kier molecular flexibility index (Phi) is 6.47. The van der Waals surface area contributed by atoms with E-state index in [0.717, 1.165) is 0 Å². The van der Waals surface area contributed by atoms with E-state index in [0.29, 0.717) is 12.3 Å². The molecule has 0 heterocycles. The summed E-state index contributed by atoms with van der Waals surface area (Å²) >= 11 is 0. The molecular formula is C10H22N2O3. The highest BCUT2D eigenvalue weighted by Crippen LogP contribution is 1.98. The lowest BCUT2D eigenvalue weighted by Gasteiger charge is -2.22. The van der Waals surface area contributed by atoms with E-state index < -0.39 is 6.10 Å². The van der Waals surface area contributed by atoms with E-state index in [1.165, 1.54) is 0 Å². The molecule has 0 amide bonds. The van der Waals surface area contributed by atoms with Crippen LogP contribution in [-0.4, -0.2) is 47.3 Å². The first-order chi connectivity index (χ1) is 6.85. The zero-order valence-electron chi connectivity index (χ0n) is 9.95. The molecule has 0 radical (unpaired) electrons. The second-order valence-corrected chi connectivity index (χ2v) is 4.57. The number of rotatable bonds is 6. The maximum absolute atomic E-state index is 9.48. The normalized spacial score (nSPS) is 15.2. The predicted octanol–water partition coefficient (Wildman–Crippen LogP) is 0.120. The number of nitrogens with zero attached hydrogens (tertiary/aromatic N) is 1. The monoisotopic (exact) mass is 218 g/mol. The largest absolute Gasteiger partial charge is 0.393 e. The molecule has 0 aliphatic carbocycles. The summed E-state index contributed by atoms with van der Waals surface area (Å²) in [7, 11) is 0. The lowest BCUT2D eigenvalue weighted by molar-refractivity contribution is 0.0365. The smallest absolute Gasteiger partial charge is 0.144 e. The minimum absolute atomic E-state index is 0.0226. The van der Waals surface area contributed by atoms with Crippen molar-refractivity contribution in [2.75, 3.05) is 19.8 Å². The highest BCUT2D eigenvalue weighted by atomic mass is 16.6. The third-order valence-electron chi connectivity index (χ3n) is 1.58. The van der Waals surface area contributed by atoms with Crippen molar-refractivity contribution in [2.24, 2.45) is 5.16 Å². The van der Waals surface area contributed by atoms with Gasteiger partial charge in [-0.2, -0.15) is 0 Å². The molecule has 0 aromatic heterocycles. The van der Waals surface area contributed by atoms with Gasteiger partial charge in [-0.1, -0.05) is 5.16 Å². The molecule has 1 unspecified atom stereocenters. The van der Waals surface area contributed by atoms with Crippen LogP contribution in [0.1, 0.15) is 27.7 Å². The van der Waals surface area contributed by atoms with Crippen LogP contribution in [0.25, 0.3) is 0 Å². The topological polar surface area (TPSA) is 74.1 Å². The molecule has 5 heteroatoms. The van der Waals surface area contributed by atoms with E-state index in [1.54, 1.807) is 6.92 Å². The number of aliphatic hydroxyl groups is 2. The van der Waals surface area contributed by atoms with Gasteiger partial charge in [-0.05, 0) is 27.7 Å². The summed E-state index contributed by atoms with van der Waals surface area (Å²) in [6, 6.07) is 0. The number of hydrogen-bond donors (Lipinski definition) is 3. The molecule has 15 heavy (non-hydrogen) atoms. The van der Waals surface area contributed by atoms with Gasteiger partial charge in [-0.3, -0.25) is 0 Å². The highest BCUT2D eigenvalue weighted by Gasteiger charge is 2.12. The van der Waals surface area contributed by atoms with Crippen molar-refractivity contribution in [1.29, 1.82) is 0 Å². The lowest BCUT2D eigenvalue weighted by Crippen LogP contribution is -2.42. The maximum atomic E-state index is 9.48. The van der Waals surface area contributed by atoms with Crippen LogP contribution in [0.2, 0.25) is 0 Å². The van der Waals surface area contributed by atoms with E-state index in [4.69, 9.17) is 9.94 Å². The van der Waals surface area contributed by atoms with Gasteiger partial charge >= 0.3 is 0 Å². The lowest BCUT2D eigenvalue weighted by atomic mass is 10.1.